The third kappa shape index (κ3) is 8.19. The van der Waals surface area contributed by atoms with Gasteiger partial charge >= 0.3 is 15.5 Å². The van der Waals surface area contributed by atoms with Gasteiger partial charge in [0.25, 0.3) is 0 Å². The molecule has 0 aliphatic rings. The summed E-state index contributed by atoms with van der Waals surface area (Å²) in [5.74, 6) is -1.24. The maximum atomic E-state index is 11.9. The molecule has 0 rings (SSSR count). The Morgan fingerprint density at radius 3 is 2.10 bits per heavy atom. The van der Waals surface area contributed by atoms with Crippen LogP contribution < -0.4 is 5.11 Å². The Balaban J connectivity index is 3.89. The number of sulfonamides is 1. The summed E-state index contributed by atoms with van der Waals surface area (Å²) in [7, 11) is -5.69. The van der Waals surface area contributed by atoms with Gasteiger partial charge in [-0.05, 0) is 31.6 Å². The lowest BCUT2D eigenvalue weighted by Crippen LogP contribution is -2.26. The Morgan fingerprint density at radius 2 is 1.60 bits per heavy atom. The summed E-state index contributed by atoms with van der Waals surface area (Å²) < 4.78 is 59.2. The summed E-state index contributed by atoms with van der Waals surface area (Å²) in [4.78, 5) is 0. The Labute approximate surface area is 117 Å². The molecule has 0 aromatic heterocycles. The minimum Gasteiger partial charge on any atom is -0.861 e. The Hall–Kier alpha value is -1.05. The van der Waals surface area contributed by atoms with Gasteiger partial charge in [0.1, 0.15) is 0 Å². The zero-order valence-corrected chi connectivity index (χ0v) is 12.0. The monoisotopic (exact) mass is 314 g/mol. The van der Waals surface area contributed by atoms with Crippen LogP contribution in [0.1, 0.15) is 51.4 Å². The molecule has 0 N–H and O–H groups in total. The average Bonchev–Trinajstić information content (AvgIpc) is 2.30. The van der Waals surface area contributed by atoms with Crippen LogP contribution >= 0.6 is 0 Å². The van der Waals surface area contributed by atoms with E-state index >= 15 is 0 Å². The molecule has 20 heavy (non-hydrogen) atoms. The first-order chi connectivity index (χ1) is 9.20. The van der Waals surface area contributed by atoms with Gasteiger partial charge in [0.2, 0.25) is 0 Å². The van der Waals surface area contributed by atoms with Crippen molar-refractivity contribution < 1.29 is 26.7 Å². The van der Waals surface area contributed by atoms with Crippen LogP contribution in [-0.2, 0) is 10.0 Å². The smallest absolute Gasteiger partial charge is 0.518 e. The predicted molar refractivity (Wildman–Crippen MR) is 69.5 cm³/mol. The molecular formula is C12H19F3NO3S-. The molecule has 0 atom stereocenters. The molecular weight excluding hydrogens is 295 g/mol. The van der Waals surface area contributed by atoms with Gasteiger partial charge in [0.15, 0.2) is 0 Å². The molecule has 0 aliphatic carbocycles. The van der Waals surface area contributed by atoms with Crippen molar-refractivity contribution in [1.29, 1.82) is 0 Å². The SMILES string of the molecule is C=CCCCCCCCC/C([O-])=N/S(=O)(=O)C(F)(F)F. The first-order valence-corrected chi connectivity index (χ1v) is 7.82. The molecule has 0 amide bonds. The molecule has 0 fully saturated rings. The van der Waals surface area contributed by atoms with Crippen molar-refractivity contribution in [3.05, 3.63) is 12.7 Å². The van der Waals surface area contributed by atoms with Crippen molar-refractivity contribution in [2.45, 2.75) is 56.9 Å². The average molecular weight is 314 g/mol. The fourth-order valence-corrected chi connectivity index (χ4v) is 1.97. The molecule has 118 valence electrons. The number of halogens is 3. The van der Waals surface area contributed by atoms with Gasteiger partial charge in [-0.1, -0.05) is 31.8 Å². The van der Waals surface area contributed by atoms with E-state index in [4.69, 9.17) is 0 Å². The topological polar surface area (TPSA) is 69.6 Å². The van der Waals surface area contributed by atoms with E-state index in [1.165, 1.54) is 0 Å². The van der Waals surface area contributed by atoms with E-state index < -0.39 is 21.4 Å². The highest BCUT2D eigenvalue weighted by molar-refractivity contribution is 7.91. The Kier molecular flexibility index (Phi) is 8.52. The minimum absolute atomic E-state index is 0.276. The van der Waals surface area contributed by atoms with Crippen molar-refractivity contribution >= 4 is 15.9 Å². The van der Waals surface area contributed by atoms with Gasteiger partial charge in [-0.15, -0.1) is 6.58 Å². The number of nitrogens with zero attached hydrogens (tertiary/aromatic N) is 1. The van der Waals surface area contributed by atoms with E-state index in [0.717, 1.165) is 32.1 Å². The number of alkyl halides is 3. The van der Waals surface area contributed by atoms with E-state index in [0.29, 0.717) is 12.8 Å². The van der Waals surface area contributed by atoms with Gasteiger partial charge in [0.05, 0.1) is 0 Å². The van der Waals surface area contributed by atoms with E-state index in [-0.39, 0.29) is 6.42 Å². The summed E-state index contributed by atoms with van der Waals surface area (Å²) in [6, 6.07) is 0. The molecule has 0 heterocycles. The number of unbranched alkanes of at least 4 members (excludes halogenated alkanes) is 6. The highest BCUT2D eigenvalue weighted by Crippen LogP contribution is 2.24. The second-order valence-corrected chi connectivity index (χ2v) is 5.95. The molecule has 0 saturated heterocycles. The van der Waals surface area contributed by atoms with Crippen molar-refractivity contribution in [3.8, 4) is 0 Å². The third-order valence-corrected chi connectivity index (χ3v) is 3.59. The maximum absolute atomic E-state index is 11.9. The molecule has 0 saturated carbocycles. The zero-order chi connectivity index (χ0) is 15.6. The largest absolute Gasteiger partial charge is 0.861 e. The zero-order valence-electron chi connectivity index (χ0n) is 11.2. The second-order valence-electron chi connectivity index (χ2n) is 4.35. The van der Waals surface area contributed by atoms with Crippen molar-refractivity contribution in [1.82, 2.24) is 0 Å². The molecule has 4 nitrogen and oxygen atoms in total. The summed E-state index contributed by atoms with van der Waals surface area (Å²) in [5.41, 5.74) is -5.51. The normalized spacial score (nSPS) is 13.4. The molecule has 0 bridgehead atoms. The lowest BCUT2D eigenvalue weighted by molar-refractivity contribution is -0.218. The van der Waals surface area contributed by atoms with Crippen LogP contribution in [0.2, 0.25) is 0 Å². The summed E-state index contributed by atoms with van der Waals surface area (Å²) in [5, 5.41) is 11.0. The molecule has 0 aromatic rings. The van der Waals surface area contributed by atoms with Crippen LogP contribution in [0.15, 0.2) is 17.1 Å². The van der Waals surface area contributed by atoms with Crippen LogP contribution in [0.5, 0.6) is 0 Å². The highest BCUT2D eigenvalue weighted by Gasteiger charge is 2.45. The molecule has 0 aliphatic heterocycles. The second kappa shape index (κ2) is 8.99. The number of hydrogen-bond acceptors (Lipinski definition) is 3. The fraction of sp³-hybridized carbons (Fsp3) is 0.750. The number of rotatable bonds is 10. The third-order valence-electron chi connectivity index (χ3n) is 2.56. The van der Waals surface area contributed by atoms with E-state index in [1.54, 1.807) is 0 Å². The quantitative estimate of drug-likeness (QED) is 0.269. The van der Waals surface area contributed by atoms with E-state index in [9.17, 15) is 26.7 Å². The Bertz CT molecular complexity index is 416. The van der Waals surface area contributed by atoms with Gasteiger partial charge in [-0.2, -0.15) is 26.0 Å². The minimum atomic E-state index is -5.69. The first-order valence-electron chi connectivity index (χ1n) is 6.38. The molecule has 0 spiro atoms. The van der Waals surface area contributed by atoms with Crippen LogP contribution in [0.3, 0.4) is 0 Å². The summed E-state index contributed by atoms with van der Waals surface area (Å²) in [6.07, 6.45) is 7.43. The standard InChI is InChI=1S/C12H20F3NO3S/c1-2-3-4-5-6-7-8-9-10-11(17)16-20(18,19)12(13,14)15/h2H,1,3-10H2,(H,16,17)/p-1. The van der Waals surface area contributed by atoms with Crippen LogP contribution in [0.25, 0.3) is 0 Å². The lowest BCUT2D eigenvalue weighted by Gasteiger charge is -2.11. The highest BCUT2D eigenvalue weighted by atomic mass is 32.2. The molecule has 0 radical (unpaired) electrons. The lowest BCUT2D eigenvalue weighted by atomic mass is 10.1. The first kappa shape index (κ1) is 18.9. The molecule has 0 aromatic carbocycles. The molecule has 8 heteroatoms. The Morgan fingerprint density at radius 1 is 1.10 bits per heavy atom. The fourth-order valence-electron chi connectivity index (χ4n) is 1.50. The summed E-state index contributed by atoms with van der Waals surface area (Å²) in [6.45, 7) is 3.60. The van der Waals surface area contributed by atoms with Gasteiger partial charge < -0.3 is 5.11 Å². The number of hydrogen-bond donors (Lipinski definition) is 0. The van der Waals surface area contributed by atoms with Gasteiger partial charge in [-0.25, -0.2) is 0 Å². The summed E-state index contributed by atoms with van der Waals surface area (Å²) >= 11 is 0. The maximum Gasteiger partial charge on any atom is 0.518 e. The van der Waals surface area contributed by atoms with Crippen molar-refractivity contribution in [2.75, 3.05) is 0 Å². The predicted octanol–water partition coefficient (Wildman–Crippen LogP) is 2.90. The molecule has 0 unspecified atom stereocenters. The van der Waals surface area contributed by atoms with E-state index in [1.807, 2.05) is 6.08 Å². The van der Waals surface area contributed by atoms with Crippen molar-refractivity contribution in [2.24, 2.45) is 4.40 Å². The van der Waals surface area contributed by atoms with Gasteiger partial charge in [-0.3, -0.25) is 0 Å². The van der Waals surface area contributed by atoms with Crippen LogP contribution in [0, 0.1) is 0 Å². The van der Waals surface area contributed by atoms with Crippen LogP contribution in [-0.4, -0.2) is 19.8 Å². The van der Waals surface area contributed by atoms with Crippen LogP contribution in [0.4, 0.5) is 13.2 Å². The van der Waals surface area contributed by atoms with Crippen molar-refractivity contribution in [3.63, 3.8) is 0 Å². The van der Waals surface area contributed by atoms with Gasteiger partial charge in [0, 0.05) is 0 Å². The van der Waals surface area contributed by atoms with E-state index in [2.05, 4.69) is 11.0 Å². The number of allylic oxidation sites excluding steroid dienone is 1.